The van der Waals surface area contributed by atoms with E-state index >= 15 is 0 Å². The Balaban J connectivity index is 2.93. The molecule has 1 aromatic rings. The first kappa shape index (κ1) is 11.1. The van der Waals surface area contributed by atoms with E-state index in [1.807, 2.05) is 4.98 Å². The average molecular weight is 218 g/mol. The Bertz CT molecular complexity index is 444. The molecule has 0 amide bonds. The molecule has 0 aromatic carbocycles. The predicted octanol–water partition coefficient (Wildman–Crippen LogP) is 1.34. The summed E-state index contributed by atoms with van der Waals surface area (Å²) in [6, 6.07) is 3.77. The summed E-state index contributed by atoms with van der Waals surface area (Å²) in [5, 5.41) is 8.29. The van der Waals surface area contributed by atoms with Gasteiger partial charge in [0.2, 0.25) is 5.88 Å². The van der Waals surface area contributed by atoms with Crippen molar-refractivity contribution >= 4 is 0 Å². The van der Waals surface area contributed by atoms with Crippen LogP contribution in [0.1, 0.15) is 5.56 Å². The molecule has 0 fully saturated rings. The largest absolute Gasteiger partial charge is 0.574 e. The highest BCUT2D eigenvalue weighted by Crippen LogP contribution is 2.19. The zero-order valence-corrected chi connectivity index (χ0v) is 7.26. The molecule has 7 heteroatoms. The Hall–Kier alpha value is -1.97. The predicted molar refractivity (Wildman–Crippen MR) is 43.1 cm³/mol. The summed E-state index contributed by atoms with van der Waals surface area (Å²) >= 11 is 0. The smallest absolute Gasteiger partial charge is 0.390 e. The molecule has 15 heavy (non-hydrogen) atoms. The minimum Gasteiger partial charge on any atom is -0.390 e. The van der Waals surface area contributed by atoms with Gasteiger partial charge in [-0.1, -0.05) is 0 Å². The number of nitrogens with zero attached hydrogens (tertiary/aromatic N) is 1. The third-order valence-corrected chi connectivity index (χ3v) is 1.46. The second-order valence-electron chi connectivity index (χ2n) is 2.56. The van der Waals surface area contributed by atoms with Crippen molar-refractivity contribution in [2.75, 3.05) is 0 Å². The van der Waals surface area contributed by atoms with Crippen LogP contribution < -0.4 is 10.3 Å². The van der Waals surface area contributed by atoms with Gasteiger partial charge in [0.25, 0.3) is 5.56 Å². The highest BCUT2D eigenvalue weighted by Gasteiger charge is 2.31. The maximum atomic E-state index is 11.7. The van der Waals surface area contributed by atoms with Crippen LogP contribution in [0.25, 0.3) is 0 Å². The van der Waals surface area contributed by atoms with Crippen molar-refractivity contribution in [3.8, 4) is 11.9 Å². The number of nitrogens with one attached hydrogen (secondary N) is 1. The average Bonchev–Trinajstić information content (AvgIpc) is 2.07. The van der Waals surface area contributed by atoms with E-state index in [-0.39, 0.29) is 12.0 Å². The summed E-state index contributed by atoms with van der Waals surface area (Å²) in [7, 11) is 0. The van der Waals surface area contributed by atoms with Gasteiger partial charge >= 0.3 is 6.36 Å². The number of hydrogen-bond acceptors (Lipinski definition) is 3. The van der Waals surface area contributed by atoms with E-state index in [4.69, 9.17) is 5.26 Å². The number of aromatic nitrogens is 1. The highest BCUT2D eigenvalue weighted by molar-refractivity contribution is 5.20. The molecule has 0 aliphatic heterocycles. The molecule has 0 bridgehead atoms. The van der Waals surface area contributed by atoms with Crippen molar-refractivity contribution in [2.45, 2.75) is 12.8 Å². The topological polar surface area (TPSA) is 65.9 Å². The van der Waals surface area contributed by atoms with Crippen LogP contribution in [-0.2, 0) is 6.42 Å². The standard InChI is InChI=1S/C8H5F3N2O2/c9-8(10,11)15-6-2-1-5(3-4-12)7(14)13-6/h1-2H,3H2,(H,13,14). The number of nitriles is 1. The molecule has 0 aliphatic carbocycles. The number of alkyl halides is 3. The first-order chi connectivity index (χ1) is 6.92. The van der Waals surface area contributed by atoms with Crippen LogP contribution in [0.5, 0.6) is 5.88 Å². The van der Waals surface area contributed by atoms with Crippen molar-refractivity contribution in [3.05, 3.63) is 28.0 Å². The quantitative estimate of drug-likeness (QED) is 0.814. The fraction of sp³-hybridized carbons (Fsp3) is 0.250. The van der Waals surface area contributed by atoms with E-state index in [9.17, 15) is 18.0 Å². The summed E-state index contributed by atoms with van der Waals surface area (Å²) in [4.78, 5) is 12.9. The van der Waals surface area contributed by atoms with E-state index in [1.165, 1.54) is 0 Å². The van der Waals surface area contributed by atoms with Gasteiger partial charge in [-0.05, 0) is 12.1 Å². The van der Waals surface area contributed by atoms with Crippen LogP contribution in [0.4, 0.5) is 13.2 Å². The molecule has 0 aliphatic rings. The van der Waals surface area contributed by atoms with Gasteiger partial charge in [-0.15, -0.1) is 13.2 Å². The van der Waals surface area contributed by atoms with Crippen LogP contribution >= 0.6 is 0 Å². The van der Waals surface area contributed by atoms with Gasteiger partial charge in [-0.3, -0.25) is 9.78 Å². The van der Waals surface area contributed by atoms with Gasteiger partial charge in [-0.2, -0.15) is 5.26 Å². The summed E-state index contributed by atoms with van der Waals surface area (Å²) in [5.74, 6) is -0.700. The van der Waals surface area contributed by atoms with Crippen LogP contribution in [0.3, 0.4) is 0 Å². The number of H-pyrrole nitrogens is 1. The third kappa shape index (κ3) is 3.34. The van der Waals surface area contributed by atoms with Crippen molar-refractivity contribution < 1.29 is 17.9 Å². The number of aromatic amines is 1. The van der Waals surface area contributed by atoms with Crippen molar-refractivity contribution in [1.29, 1.82) is 5.26 Å². The Morgan fingerprint density at radius 1 is 1.47 bits per heavy atom. The molecule has 0 atom stereocenters. The minimum absolute atomic E-state index is 0.0898. The fourth-order valence-corrected chi connectivity index (χ4v) is 0.894. The SMILES string of the molecule is N#CCc1ccc(OC(F)(F)F)[nH]c1=O. The van der Waals surface area contributed by atoms with Crippen molar-refractivity contribution in [3.63, 3.8) is 0 Å². The maximum absolute atomic E-state index is 11.7. The molecule has 80 valence electrons. The lowest BCUT2D eigenvalue weighted by molar-refractivity contribution is -0.276. The number of halogens is 3. The van der Waals surface area contributed by atoms with Gasteiger partial charge in [0.15, 0.2) is 0 Å². The van der Waals surface area contributed by atoms with Crippen molar-refractivity contribution in [1.82, 2.24) is 4.98 Å². The van der Waals surface area contributed by atoms with Crippen LogP contribution in [-0.4, -0.2) is 11.3 Å². The molecule has 0 saturated heterocycles. The minimum atomic E-state index is -4.85. The molecule has 0 spiro atoms. The summed E-state index contributed by atoms with van der Waals surface area (Å²) < 4.78 is 38.7. The molecular formula is C8H5F3N2O2. The number of hydrogen-bond donors (Lipinski definition) is 1. The Morgan fingerprint density at radius 2 is 2.13 bits per heavy atom. The lowest BCUT2D eigenvalue weighted by Crippen LogP contribution is -2.21. The molecular weight excluding hydrogens is 213 g/mol. The van der Waals surface area contributed by atoms with Gasteiger partial charge in [0, 0.05) is 5.56 Å². The second kappa shape index (κ2) is 4.04. The van der Waals surface area contributed by atoms with Crippen LogP contribution in [0.2, 0.25) is 0 Å². The zero-order chi connectivity index (χ0) is 11.5. The number of pyridine rings is 1. The molecule has 0 saturated carbocycles. The first-order valence-corrected chi connectivity index (χ1v) is 3.77. The van der Waals surface area contributed by atoms with E-state index in [0.717, 1.165) is 12.1 Å². The van der Waals surface area contributed by atoms with Crippen LogP contribution in [0, 0.1) is 11.3 Å². The van der Waals surface area contributed by atoms with E-state index in [0.29, 0.717) is 0 Å². The monoisotopic (exact) mass is 218 g/mol. The fourth-order valence-electron chi connectivity index (χ4n) is 0.894. The number of rotatable bonds is 2. The lowest BCUT2D eigenvalue weighted by Gasteiger charge is -2.07. The van der Waals surface area contributed by atoms with Crippen molar-refractivity contribution in [2.24, 2.45) is 0 Å². The normalized spacial score (nSPS) is 10.8. The lowest BCUT2D eigenvalue weighted by atomic mass is 10.2. The summed E-state index contributed by atoms with van der Waals surface area (Å²) in [6.45, 7) is 0. The molecule has 4 nitrogen and oxygen atoms in total. The van der Waals surface area contributed by atoms with E-state index in [1.54, 1.807) is 6.07 Å². The molecule has 1 rings (SSSR count). The first-order valence-electron chi connectivity index (χ1n) is 3.77. The molecule has 1 aromatic heterocycles. The zero-order valence-electron chi connectivity index (χ0n) is 7.26. The van der Waals surface area contributed by atoms with Gasteiger partial charge < -0.3 is 4.74 Å². The van der Waals surface area contributed by atoms with Gasteiger partial charge in [-0.25, -0.2) is 0 Å². The van der Waals surface area contributed by atoms with Gasteiger partial charge in [0.1, 0.15) is 0 Å². The Kier molecular flexibility index (Phi) is 2.99. The molecule has 0 unspecified atom stereocenters. The third-order valence-electron chi connectivity index (χ3n) is 1.46. The van der Waals surface area contributed by atoms with E-state index in [2.05, 4.69) is 4.74 Å². The summed E-state index contributed by atoms with van der Waals surface area (Å²) in [6.07, 6.45) is -5.01. The Morgan fingerprint density at radius 3 is 2.60 bits per heavy atom. The van der Waals surface area contributed by atoms with Crippen LogP contribution in [0.15, 0.2) is 16.9 Å². The van der Waals surface area contributed by atoms with E-state index < -0.39 is 17.8 Å². The maximum Gasteiger partial charge on any atom is 0.574 e. The second-order valence-corrected chi connectivity index (χ2v) is 2.56. The van der Waals surface area contributed by atoms with Gasteiger partial charge in [0.05, 0.1) is 12.5 Å². The molecule has 1 N–H and O–H groups in total. The highest BCUT2D eigenvalue weighted by atomic mass is 19.4. The molecule has 1 heterocycles. The number of ether oxygens (including phenoxy) is 1. The Labute approximate surface area is 81.9 Å². The molecule has 0 radical (unpaired) electrons. The summed E-state index contributed by atoms with van der Waals surface area (Å²) in [5.41, 5.74) is -0.676.